The van der Waals surface area contributed by atoms with E-state index in [1.165, 1.54) is 16.0 Å². The van der Waals surface area contributed by atoms with Crippen molar-refractivity contribution in [2.24, 2.45) is 5.41 Å². The molecule has 0 radical (unpaired) electrons. The average Bonchev–Trinajstić information content (AvgIpc) is 3.67. The van der Waals surface area contributed by atoms with Gasteiger partial charge >= 0.3 is 11.9 Å². The fraction of sp³-hybridized carbons (Fsp3) is 0.707. The van der Waals surface area contributed by atoms with Crippen LogP contribution < -0.4 is 5.32 Å². The van der Waals surface area contributed by atoms with Gasteiger partial charge in [-0.2, -0.15) is 5.06 Å². The van der Waals surface area contributed by atoms with Crippen molar-refractivity contribution in [3.05, 3.63) is 41.5 Å². The highest BCUT2D eigenvalue weighted by Gasteiger charge is 2.76. The maximum Gasteiger partial charge on any atom is 0.327 e. The Morgan fingerprint density at radius 3 is 2.28 bits per heavy atom. The number of aliphatic hydroxyl groups is 1. The van der Waals surface area contributed by atoms with E-state index in [-0.39, 0.29) is 31.7 Å². The number of nitrogens with one attached hydrogen (secondary N) is 1. The molecule has 2 N–H and O–H groups in total. The zero-order chi connectivity index (χ0) is 39.3. The highest BCUT2D eigenvalue weighted by atomic mass is 16.8. The Morgan fingerprint density at radius 1 is 1.04 bits per heavy atom. The summed E-state index contributed by atoms with van der Waals surface area (Å²) in [7, 11) is 3.37. The van der Waals surface area contributed by atoms with Crippen LogP contribution in [0.5, 0.6) is 0 Å². The number of carbonyl (C=O) groups is 4. The second kappa shape index (κ2) is 17.6. The third kappa shape index (κ3) is 9.35. The highest BCUT2D eigenvalue weighted by molar-refractivity contribution is 5.94. The molecule has 4 aliphatic rings. The molecule has 1 aliphatic carbocycles. The van der Waals surface area contributed by atoms with E-state index >= 15 is 0 Å². The first kappa shape index (κ1) is 41.8. The number of hydroxylamine groups is 2. The molecule has 2 unspecified atom stereocenters. The van der Waals surface area contributed by atoms with Crippen LogP contribution in [0.15, 0.2) is 30.3 Å². The van der Waals surface area contributed by atoms with Gasteiger partial charge in [0.2, 0.25) is 11.8 Å². The van der Waals surface area contributed by atoms with Crippen LogP contribution in [0.4, 0.5) is 0 Å². The summed E-state index contributed by atoms with van der Waals surface area (Å²) >= 11 is 0. The largest absolute Gasteiger partial charge is 0.460 e. The topological polar surface area (TPSA) is 153 Å². The molecule has 13 heteroatoms. The molecule has 3 heterocycles. The number of likely N-dealkylation sites (N-methyl/N-ethyl adjacent to an activating group) is 1. The summed E-state index contributed by atoms with van der Waals surface area (Å²) in [5, 5.41) is 14.9. The zero-order valence-corrected chi connectivity index (χ0v) is 33.1. The van der Waals surface area contributed by atoms with Gasteiger partial charge in [0, 0.05) is 45.9 Å². The molecule has 0 aromatic heterocycles. The fourth-order valence-electron chi connectivity index (χ4n) is 8.14. The molecule has 3 aliphatic heterocycles. The number of benzene rings is 1. The number of rotatable bonds is 18. The molecule has 2 amide bonds. The summed E-state index contributed by atoms with van der Waals surface area (Å²) in [5.74, 6) is -2.51. The van der Waals surface area contributed by atoms with E-state index in [9.17, 15) is 24.3 Å². The van der Waals surface area contributed by atoms with Gasteiger partial charge in [0.05, 0.1) is 19.2 Å². The standard InChI is InChI=1S/C41H61N3O10/c1-8-10-12-22-40(23-13-11-9-2)52-33-30-24-41(38(49)42-29(26-45)19-21-32(47)51-39(3,4)5)35(37(48)50-30)44(54-36(41)34(33)53-40)25-28-16-14-27(15-17-28)18-20-31(46)43(6)7/h14-18,20,29-30,33-36,45H,8-13,19,21-26H2,1-7H3,(H,42,49)/t29-,30?,33-,34-,35-,36+,41?/m0/s1. The van der Waals surface area contributed by atoms with Crippen molar-refractivity contribution in [2.45, 2.75) is 160 Å². The van der Waals surface area contributed by atoms with Gasteiger partial charge < -0.3 is 34.3 Å². The van der Waals surface area contributed by atoms with E-state index in [1.54, 1.807) is 40.9 Å². The Morgan fingerprint density at radius 2 is 1.69 bits per heavy atom. The summed E-state index contributed by atoms with van der Waals surface area (Å²) in [6.07, 6.45) is 7.83. The van der Waals surface area contributed by atoms with Gasteiger partial charge in [-0.1, -0.05) is 63.8 Å². The van der Waals surface area contributed by atoms with Crippen molar-refractivity contribution < 1.29 is 48.1 Å². The van der Waals surface area contributed by atoms with Crippen molar-refractivity contribution in [1.82, 2.24) is 15.3 Å². The van der Waals surface area contributed by atoms with E-state index in [0.29, 0.717) is 12.8 Å². The molecular formula is C41H61N3O10. The Labute approximate surface area is 320 Å². The molecule has 54 heavy (non-hydrogen) atoms. The van der Waals surface area contributed by atoms with Gasteiger partial charge in [0.25, 0.3) is 0 Å². The molecular weight excluding hydrogens is 694 g/mol. The lowest BCUT2D eigenvalue weighted by Crippen LogP contribution is -2.70. The summed E-state index contributed by atoms with van der Waals surface area (Å²) < 4.78 is 25.4. The molecule has 3 saturated heterocycles. The van der Waals surface area contributed by atoms with Crippen molar-refractivity contribution in [3.8, 4) is 0 Å². The first-order valence-electron chi connectivity index (χ1n) is 19.8. The molecule has 5 rings (SSSR count). The van der Waals surface area contributed by atoms with Gasteiger partial charge in [-0.3, -0.25) is 24.0 Å². The quantitative estimate of drug-likeness (QED) is 0.120. The number of fused-ring (bicyclic) bond motifs is 4. The summed E-state index contributed by atoms with van der Waals surface area (Å²) in [4.78, 5) is 61.7. The van der Waals surface area contributed by atoms with Gasteiger partial charge in [-0.25, -0.2) is 0 Å². The summed E-state index contributed by atoms with van der Waals surface area (Å²) in [6.45, 7) is 9.39. The lowest BCUT2D eigenvalue weighted by molar-refractivity contribution is -0.224. The van der Waals surface area contributed by atoms with E-state index in [2.05, 4.69) is 19.2 Å². The number of esters is 2. The SMILES string of the molecule is CCCCCC1(CCCCC)O[C@@H]2[C@H]3ON(Cc4ccc(C=CC(=O)N(C)C)cc4)[C@H]4C(=O)OC(CC34C(=O)N[C@H](CO)CCC(=O)OC(C)(C)C)[C@@H]2O1. The van der Waals surface area contributed by atoms with Crippen LogP contribution in [0.25, 0.3) is 6.08 Å². The number of ether oxygens (including phenoxy) is 4. The normalized spacial score (nSPS) is 27.7. The molecule has 0 spiro atoms. The lowest BCUT2D eigenvalue weighted by Gasteiger charge is -2.49. The first-order chi connectivity index (χ1) is 25.6. The van der Waals surface area contributed by atoms with Crippen LogP contribution in [0.2, 0.25) is 0 Å². The maximum absolute atomic E-state index is 14.8. The summed E-state index contributed by atoms with van der Waals surface area (Å²) in [5.41, 5.74) is -0.460. The predicted octanol–water partition coefficient (Wildman–Crippen LogP) is 4.83. The van der Waals surface area contributed by atoms with E-state index in [0.717, 1.165) is 49.7 Å². The third-order valence-corrected chi connectivity index (χ3v) is 10.8. The molecule has 4 fully saturated rings. The molecule has 2 bridgehead atoms. The molecule has 300 valence electrons. The Bertz CT molecular complexity index is 1500. The number of aliphatic hydroxyl groups excluding tert-OH is 1. The van der Waals surface area contributed by atoms with Crippen LogP contribution in [0.1, 0.15) is 116 Å². The van der Waals surface area contributed by atoms with Crippen LogP contribution in [0, 0.1) is 5.41 Å². The number of hydrogen-bond acceptors (Lipinski definition) is 11. The Hall–Kier alpha value is -3.36. The smallest absolute Gasteiger partial charge is 0.327 e. The summed E-state index contributed by atoms with van der Waals surface area (Å²) in [6, 6.07) is 5.63. The zero-order valence-electron chi connectivity index (χ0n) is 33.1. The molecule has 1 aromatic rings. The van der Waals surface area contributed by atoms with E-state index in [4.69, 9.17) is 23.8 Å². The molecule has 13 nitrogen and oxygen atoms in total. The van der Waals surface area contributed by atoms with E-state index < -0.39 is 77.8 Å². The van der Waals surface area contributed by atoms with Crippen molar-refractivity contribution in [1.29, 1.82) is 0 Å². The molecule has 1 saturated carbocycles. The number of nitrogens with zero attached hydrogens (tertiary/aromatic N) is 2. The molecule has 1 aromatic carbocycles. The minimum absolute atomic E-state index is 0.00982. The second-order valence-corrected chi connectivity index (χ2v) is 16.5. The number of carbonyl (C=O) groups excluding carboxylic acids is 4. The predicted molar refractivity (Wildman–Crippen MR) is 200 cm³/mol. The molecule has 7 atom stereocenters. The number of hydrogen-bond donors (Lipinski definition) is 2. The number of unbranched alkanes of at least 4 members (excludes halogenated alkanes) is 4. The van der Waals surface area contributed by atoms with E-state index in [1.807, 2.05) is 24.3 Å². The van der Waals surface area contributed by atoms with Crippen molar-refractivity contribution in [2.75, 3.05) is 20.7 Å². The lowest BCUT2D eigenvalue weighted by atomic mass is 9.62. The minimum Gasteiger partial charge on any atom is -0.460 e. The number of amides is 2. The Kier molecular flexibility index (Phi) is 13.6. The van der Waals surface area contributed by atoms with Crippen LogP contribution in [-0.4, -0.2) is 107 Å². The van der Waals surface area contributed by atoms with Gasteiger partial charge in [0.15, 0.2) is 11.8 Å². The second-order valence-electron chi connectivity index (χ2n) is 16.5. The van der Waals surface area contributed by atoms with Crippen molar-refractivity contribution in [3.63, 3.8) is 0 Å². The van der Waals surface area contributed by atoms with Gasteiger partial charge in [-0.15, -0.1) is 0 Å². The van der Waals surface area contributed by atoms with Crippen LogP contribution in [-0.2, 0) is 49.5 Å². The fourth-order valence-corrected chi connectivity index (χ4v) is 8.14. The van der Waals surface area contributed by atoms with Crippen molar-refractivity contribution >= 4 is 29.8 Å². The van der Waals surface area contributed by atoms with Crippen LogP contribution >= 0.6 is 0 Å². The monoisotopic (exact) mass is 755 g/mol. The Balaban J connectivity index is 1.45. The maximum atomic E-state index is 14.8. The van der Waals surface area contributed by atoms with Gasteiger partial charge in [0.1, 0.15) is 35.4 Å². The third-order valence-electron chi connectivity index (χ3n) is 10.8. The van der Waals surface area contributed by atoms with Gasteiger partial charge in [-0.05, 0) is 57.2 Å². The van der Waals surface area contributed by atoms with Crippen LogP contribution in [0.3, 0.4) is 0 Å². The average molecular weight is 756 g/mol. The first-order valence-corrected chi connectivity index (χ1v) is 19.8. The minimum atomic E-state index is -1.43. The highest BCUT2D eigenvalue weighted by Crippen LogP contribution is 2.58.